The van der Waals surface area contributed by atoms with Crippen molar-refractivity contribution in [3.63, 3.8) is 0 Å². The van der Waals surface area contributed by atoms with E-state index in [1.165, 1.54) is 0 Å². The first-order valence-electron chi connectivity index (χ1n) is 9.14. The van der Waals surface area contributed by atoms with Crippen molar-refractivity contribution in [1.82, 2.24) is 10.9 Å². The number of Topliss-reactive ketones (excluding diaryl/α,β-unsaturated/α-hetero) is 1. The molecule has 6 heteroatoms. The summed E-state index contributed by atoms with van der Waals surface area (Å²) in [6.07, 6.45) is 0.0627. The van der Waals surface area contributed by atoms with Gasteiger partial charge in [-0.3, -0.25) is 25.2 Å². The number of ketones is 1. The molecule has 0 radical (unpaired) electrons. The molecule has 0 aliphatic carbocycles. The van der Waals surface area contributed by atoms with Crippen LogP contribution in [0, 0.1) is 27.7 Å². The number of carbonyl (C=O) groups is 3. The van der Waals surface area contributed by atoms with Gasteiger partial charge in [-0.05, 0) is 68.1 Å². The van der Waals surface area contributed by atoms with Crippen molar-refractivity contribution in [3.8, 4) is 5.75 Å². The van der Waals surface area contributed by atoms with Gasteiger partial charge in [-0.25, -0.2) is 0 Å². The van der Waals surface area contributed by atoms with Gasteiger partial charge in [0.15, 0.2) is 12.4 Å². The Morgan fingerprint density at radius 1 is 0.786 bits per heavy atom. The number of hydrogen-bond donors (Lipinski definition) is 2. The predicted octanol–water partition coefficient (Wildman–Crippen LogP) is 3.11. The molecule has 2 aromatic carbocycles. The zero-order valence-corrected chi connectivity index (χ0v) is 16.7. The van der Waals surface area contributed by atoms with Gasteiger partial charge >= 0.3 is 0 Å². The monoisotopic (exact) mass is 382 g/mol. The van der Waals surface area contributed by atoms with Crippen LogP contribution in [0.15, 0.2) is 36.4 Å². The summed E-state index contributed by atoms with van der Waals surface area (Å²) in [5.74, 6) is -0.425. The summed E-state index contributed by atoms with van der Waals surface area (Å²) in [4.78, 5) is 35.8. The third-order valence-electron chi connectivity index (χ3n) is 4.31. The second-order valence-electron chi connectivity index (χ2n) is 6.93. The second-order valence-corrected chi connectivity index (χ2v) is 6.93. The lowest BCUT2D eigenvalue weighted by atomic mass is 10.0. The normalized spacial score (nSPS) is 10.3. The number of aryl methyl sites for hydroxylation is 4. The molecule has 148 valence electrons. The molecule has 0 saturated carbocycles. The van der Waals surface area contributed by atoms with E-state index in [1.807, 2.05) is 58.0 Å². The summed E-state index contributed by atoms with van der Waals surface area (Å²) >= 11 is 0. The lowest BCUT2D eigenvalue weighted by Gasteiger charge is -2.10. The number of hydrogen-bond acceptors (Lipinski definition) is 4. The van der Waals surface area contributed by atoms with Crippen LogP contribution in [0.5, 0.6) is 5.75 Å². The fourth-order valence-electron chi connectivity index (χ4n) is 2.69. The van der Waals surface area contributed by atoms with Crippen molar-refractivity contribution in [2.75, 3.05) is 6.61 Å². The molecule has 2 rings (SSSR count). The van der Waals surface area contributed by atoms with Crippen LogP contribution in [-0.2, 0) is 9.59 Å². The standard InChI is InChI=1S/C22H26N2O4/c1-14-9-15(2)11-19(10-14)28-13-22(27)24-23-21(26)8-7-20(25)18-6-5-16(3)17(4)12-18/h5-6,9-12H,7-8,13H2,1-4H3,(H,23,26)(H,24,27). The van der Waals surface area contributed by atoms with E-state index >= 15 is 0 Å². The van der Waals surface area contributed by atoms with Gasteiger partial charge in [-0.15, -0.1) is 0 Å². The Morgan fingerprint density at radius 3 is 2.07 bits per heavy atom. The van der Waals surface area contributed by atoms with Gasteiger partial charge in [0.05, 0.1) is 0 Å². The van der Waals surface area contributed by atoms with Crippen LogP contribution in [0.2, 0.25) is 0 Å². The maximum Gasteiger partial charge on any atom is 0.276 e. The minimum atomic E-state index is -0.479. The Labute approximate surface area is 165 Å². The number of ether oxygens (including phenoxy) is 1. The molecule has 0 fully saturated rings. The van der Waals surface area contributed by atoms with Crippen LogP contribution in [0.4, 0.5) is 0 Å². The molecule has 0 spiro atoms. The van der Waals surface area contributed by atoms with Crippen LogP contribution < -0.4 is 15.6 Å². The van der Waals surface area contributed by atoms with E-state index in [4.69, 9.17) is 4.74 Å². The molecule has 0 aliphatic heterocycles. The van der Waals surface area contributed by atoms with Crippen molar-refractivity contribution < 1.29 is 19.1 Å². The van der Waals surface area contributed by atoms with Gasteiger partial charge in [0.25, 0.3) is 5.91 Å². The largest absolute Gasteiger partial charge is 0.484 e. The van der Waals surface area contributed by atoms with Crippen LogP contribution in [0.1, 0.15) is 45.5 Å². The Hall–Kier alpha value is -3.15. The fourth-order valence-corrected chi connectivity index (χ4v) is 2.69. The van der Waals surface area contributed by atoms with Crippen molar-refractivity contribution in [1.29, 1.82) is 0 Å². The SMILES string of the molecule is Cc1cc(C)cc(OCC(=O)NNC(=O)CCC(=O)c2ccc(C)c(C)c2)c1. The molecule has 6 nitrogen and oxygen atoms in total. The highest BCUT2D eigenvalue weighted by atomic mass is 16.5. The highest BCUT2D eigenvalue weighted by molar-refractivity contribution is 5.98. The van der Waals surface area contributed by atoms with Gasteiger partial charge in [0, 0.05) is 18.4 Å². The summed E-state index contributed by atoms with van der Waals surface area (Å²) < 4.78 is 5.42. The lowest BCUT2D eigenvalue weighted by Crippen LogP contribution is -2.43. The minimum Gasteiger partial charge on any atom is -0.484 e. The first kappa shape index (κ1) is 21.2. The van der Waals surface area contributed by atoms with Gasteiger partial charge in [0.2, 0.25) is 5.91 Å². The number of nitrogens with one attached hydrogen (secondary N) is 2. The van der Waals surface area contributed by atoms with Crippen molar-refractivity contribution in [3.05, 3.63) is 64.2 Å². The van der Waals surface area contributed by atoms with E-state index in [0.29, 0.717) is 11.3 Å². The Bertz CT molecular complexity index is 870. The molecule has 0 aliphatic rings. The van der Waals surface area contributed by atoms with Crippen LogP contribution in [-0.4, -0.2) is 24.2 Å². The van der Waals surface area contributed by atoms with Crippen molar-refractivity contribution in [2.24, 2.45) is 0 Å². The highest BCUT2D eigenvalue weighted by Crippen LogP contribution is 2.16. The number of carbonyl (C=O) groups excluding carboxylic acids is 3. The van der Waals surface area contributed by atoms with Crippen LogP contribution in [0.3, 0.4) is 0 Å². The number of amides is 2. The highest BCUT2D eigenvalue weighted by Gasteiger charge is 2.11. The molecular weight excluding hydrogens is 356 g/mol. The smallest absolute Gasteiger partial charge is 0.276 e. The van der Waals surface area contributed by atoms with Crippen LogP contribution >= 0.6 is 0 Å². The fraction of sp³-hybridized carbons (Fsp3) is 0.318. The zero-order chi connectivity index (χ0) is 20.7. The minimum absolute atomic E-state index is 0.00995. The van der Waals surface area contributed by atoms with Crippen molar-refractivity contribution >= 4 is 17.6 Å². The Kier molecular flexibility index (Phi) is 7.32. The second kappa shape index (κ2) is 9.69. The Balaban J connectivity index is 1.71. The third kappa shape index (κ3) is 6.54. The molecule has 28 heavy (non-hydrogen) atoms. The zero-order valence-electron chi connectivity index (χ0n) is 16.7. The van der Waals surface area contributed by atoms with E-state index in [1.54, 1.807) is 6.07 Å². The van der Waals surface area contributed by atoms with Gasteiger partial charge < -0.3 is 4.74 Å². The molecule has 0 heterocycles. The number of benzene rings is 2. The summed E-state index contributed by atoms with van der Waals surface area (Å²) in [6.45, 7) is 7.58. The van der Waals surface area contributed by atoms with E-state index in [9.17, 15) is 14.4 Å². The molecule has 0 saturated heterocycles. The first-order valence-corrected chi connectivity index (χ1v) is 9.14. The molecular formula is C22H26N2O4. The average Bonchev–Trinajstić information content (AvgIpc) is 2.64. The average molecular weight is 382 g/mol. The molecule has 2 N–H and O–H groups in total. The maximum absolute atomic E-state index is 12.2. The maximum atomic E-state index is 12.2. The molecule has 0 atom stereocenters. The van der Waals surface area contributed by atoms with E-state index in [0.717, 1.165) is 22.3 Å². The van der Waals surface area contributed by atoms with E-state index < -0.39 is 11.8 Å². The molecule has 2 aromatic rings. The molecule has 2 amide bonds. The number of rotatable bonds is 7. The van der Waals surface area contributed by atoms with Gasteiger partial charge in [-0.2, -0.15) is 0 Å². The van der Waals surface area contributed by atoms with E-state index in [2.05, 4.69) is 10.9 Å². The lowest BCUT2D eigenvalue weighted by molar-refractivity contribution is -0.130. The predicted molar refractivity (Wildman–Crippen MR) is 107 cm³/mol. The summed E-state index contributed by atoms with van der Waals surface area (Å²) in [5, 5.41) is 0. The summed E-state index contributed by atoms with van der Waals surface area (Å²) in [6, 6.07) is 11.1. The summed E-state index contributed by atoms with van der Waals surface area (Å²) in [7, 11) is 0. The molecule has 0 unspecified atom stereocenters. The topological polar surface area (TPSA) is 84.5 Å². The summed E-state index contributed by atoms with van der Waals surface area (Å²) in [5.41, 5.74) is 9.39. The van der Waals surface area contributed by atoms with Crippen LogP contribution in [0.25, 0.3) is 0 Å². The first-order chi connectivity index (χ1) is 13.2. The molecule has 0 bridgehead atoms. The number of hydrazine groups is 1. The third-order valence-corrected chi connectivity index (χ3v) is 4.31. The van der Waals surface area contributed by atoms with Gasteiger partial charge in [-0.1, -0.05) is 18.2 Å². The van der Waals surface area contributed by atoms with Crippen molar-refractivity contribution in [2.45, 2.75) is 40.5 Å². The van der Waals surface area contributed by atoms with E-state index in [-0.39, 0.29) is 25.2 Å². The quantitative estimate of drug-likeness (QED) is 0.569. The van der Waals surface area contributed by atoms with Gasteiger partial charge in [0.1, 0.15) is 5.75 Å². The molecule has 0 aromatic heterocycles. The Morgan fingerprint density at radius 2 is 1.43 bits per heavy atom.